The van der Waals surface area contributed by atoms with Crippen LogP contribution in [0.4, 0.5) is 10.1 Å². The molecule has 0 aliphatic carbocycles. The molecule has 2 N–H and O–H groups in total. The minimum Gasteiger partial charge on any atom is -0.458 e. The monoisotopic (exact) mass is 516 g/mol. The number of esters is 1. The molecule has 0 heterocycles. The van der Waals surface area contributed by atoms with Gasteiger partial charge < -0.3 is 15.4 Å². The van der Waals surface area contributed by atoms with Crippen molar-refractivity contribution >= 4 is 36.0 Å². The van der Waals surface area contributed by atoms with Gasteiger partial charge in [0.2, 0.25) is 0 Å². The van der Waals surface area contributed by atoms with Gasteiger partial charge in [-0.15, -0.1) is 0 Å². The van der Waals surface area contributed by atoms with Crippen molar-refractivity contribution < 1.29 is 23.5 Å². The fraction of sp³-hybridized carbons (Fsp3) is 0.464. The fourth-order valence-corrected chi connectivity index (χ4v) is 4.06. The van der Waals surface area contributed by atoms with Gasteiger partial charge in [0.05, 0.1) is 6.04 Å². The fourth-order valence-electron chi connectivity index (χ4n) is 3.71. The van der Waals surface area contributed by atoms with Crippen molar-refractivity contribution in [2.75, 3.05) is 18.5 Å². The summed E-state index contributed by atoms with van der Waals surface area (Å²) in [6, 6.07) is 11.1. The number of carbonyl (C=O) groups excluding carboxylic acids is 3. The Morgan fingerprint density at radius 1 is 1.06 bits per heavy atom. The molecule has 2 rings (SSSR count). The van der Waals surface area contributed by atoms with E-state index >= 15 is 0 Å². The molecule has 3 atom stereocenters. The Kier molecular flexibility index (Phi) is 11.9. The van der Waals surface area contributed by atoms with Crippen LogP contribution >= 0.6 is 12.6 Å². The highest BCUT2D eigenvalue weighted by Gasteiger charge is 2.20. The van der Waals surface area contributed by atoms with Gasteiger partial charge >= 0.3 is 5.97 Å². The maximum atomic E-state index is 13.3. The standard InChI is InChI=1S/C28H37FN2O4S/c1-5-25(36)14-18(2)16-30-24-13-10-22(9-6-21-7-11-23(29)12-8-21)26(15-24)28(34)31-19(3)27(33)17-35-20(4)32/h7-8,10-13,15,18-19,25,30,36H,5-6,9,14,16-17H2,1-4H3,(H,31,34). The number of hydrogen-bond acceptors (Lipinski definition) is 6. The van der Waals surface area contributed by atoms with Crippen molar-refractivity contribution in [2.24, 2.45) is 5.92 Å². The van der Waals surface area contributed by atoms with Crippen LogP contribution in [0.2, 0.25) is 0 Å². The van der Waals surface area contributed by atoms with Gasteiger partial charge in [-0.2, -0.15) is 12.6 Å². The first kappa shape index (κ1) is 29.4. The third-order valence-corrected chi connectivity index (χ3v) is 6.58. The predicted octanol–water partition coefficient (Wildman–Crippen LogP) is 5.01. The molecule has 0 saturated carbocycles. The summed E-state index contributed by atoms with van der Waals surface area (Å²) < 4.78 is 18.0. The Morgan fingerprint density at radius 3 is 2.39 bits per heavy atom. The Hall–Kier alpha value is -2.87. The summed E-state index contributed by atoms with van der Waals surface area (Å²) in [5.41, 5.74) is 3.04. The van der Waals surface area contributed by atoms with Crippen molar-refractivity contribution in [3.63, 3.8) is 0 Å². The summed E-state index contributed by atoms with van der Waals surface area (Å²) in [4.78, 5) is 36.4. The highest BCUT2D eigenvalue weighted by atomic mass is 32.1. The molecule has 0 aliphatic heterocycles. The third kappa shape index (κ3) is 10.0. The number of halogens is 1. The number of nitrogens with one attached hydrogen (secondary N) is 2. The lowest BCUT2D eigenvalue weighted by Crippen LogP contribution is -2.40. The second-order valence-electron chi connectivity index (χ2n) is 9.22. The Bertz CT molecular complexity index is 1030. The number of rotatable bonds is 14. The van der Waals surface area contributed by atoms with Crippen LogP contribution in [0, 0.1) is 11.7 Å². The molecule has 0 saturated heterocycles. The first-order valence-electron chi connectivity index (χ1n) is 12.3. The lowest BCUT2D eigenvalue weighted by molar-refractivity contribution is -0.146. The molecule has 3 unspecified atom stereocenters. The average molecular weight is 517 g/mol. The maximum Gasteiger partial charge on any atom is 0.303 e. The van der Waals surface area contributed by atoms with Gasteiger partial charge in [0.15, 0.2) is 12.4 Å². The van der Waals surface area contributed by atoms with Gasteiger partial charge in [-0.05, 0) is 73.9 Å². The Labute approximate surface area is 218 Å². The van der Waals surface area contributed by atoms with E-state index in [0.717, 1.165) is 36.2 Å². The van der Waals surface area contributed by atoms with Crippen molar-refractivity contribution in [1.82, 2.24) is 5.32 Å². The number of aryl methyl sites for hydroxylation is 2. The SMILES string of the molecule is CCC(S)CC(C)CNc1ccc(CCc2ccc(F)cc2)c(C(=O)NC(C)C(=O)COC(C)=O)c1. The van der Waals surface area contributed by atoms with E-state index in [-0.39, 0.29) is 11.7 Å². The molecule has 2 aromatic carbocycles. The lowest BCUT2D eigenvalue weighted by atomic mass is 9.98. The number of ketones is 1. The van der Waals surface area contributed by atoms with Gasteiger partial charge in [0, 0.05) is 30.0 Å². The zero-order valence-corrected chi connectivity index (χ0v) is 22.4. The Balaban J connectivity index is 2.17. The molecule has 6 nitrogen and oxygen atoms in total. The number of benzene rings is 2. The molecular formula is C28H37FN2O4S. The van der Waals surface area contributed by atoms with Crippen LogP contribution in [0.3, 0.4) is 0 Å². The third-order valence-electron chi connectivity index (χ3n) is 6.00. The number of ether oxygens (including phenoxy) is 1. The maximum absolute atomic E-state index is 13.3. The molecule has 0 bridgehead atoms. The summed E-state index contributed by atoms with van der Waals surface area (Å²) in [5, 5.41) is 6.48. The first-order valence-corrected chi connectivity index (χ1v) is 12.9. The van der Waals surface area contributed by atoms with Crippen molar-refractivity contribution in [3.05, 3.63) is 65.0 Å². The average Bonchev–Trinajstić information content (AvgIpc) is 2.85. The molecule has 2 aromatic rings. The van der Waals surface area contributed by atoms with E-state index in [1.807, 2.05) is 12.1 Å². The molecule has 0 fully saturated rings. The highest BCUT2D eigenvalue weighted by Crippen LogP contribution is 2.21. The highest BCUT2D eigenvalue weighted by molar-refractivity contribution is 7.80. The van der Waals surface area contributed by atoms with E-state index < -0.39 is 24.4 Å². The summed E-state index contributed by atoms with van der Waals surface area (Å²) in [6.45, 7) is 7.41. The number of Topliss-reactive ketones (excluding diaryl/α,β-unsaturated/α-hetero) is 1. The predicted molar refractivity (Wildman–Crippen MR) is 144 cm³/mol. The minimum absolute atomic E-state index is 0.293. The summed E-state index contributed by atoms with van der Waals surface area (Å²) in [5.74, 6) is -1.22. The molecule has 0 radical (unpaired) electrons. The van der Waals surface area contributed by atoms with E-state index in [1.54, 1.807) is 25.1 Å². The topological polar surface area (TPSA) is 84.5 Å². The van der Waals surface area contributed by atoms with E-state index in [4.69, 9.17) is 4.74 Å². The van der Waals surface area contributed by atoms with Crippen LogP contribution < -0.4 is 10.6 Å². The van der Waals surface area contributed by atoms with Gasteiger partial charge in [0.25, 0.3) is 5.91 Å². The Morgan fingerprint density at radius 2 is 1.75 bits per heavy atom. The number of carbonyl (C=O) groups is 3. The number of amides is 1. The number of thiol groups is 1. The lowest BCUT2D eigenvalue weighted by Gasteiger charge is -2.19. The van der Waals surface area contributed by atoms with Crippen molar-refractivity contribution in [2.45, 2.75) is 64.7 Å². The van der Waals surface area contributed by atoms with Gasteiger partial charge in [-0.3, -0.25) is 14.4 Å². The molecule has 0 aromatic heterocycles. The van der Waals surface area contributed by atoms with Crippen LogP contribution in [-0.2, 0) is 27.2 Å². The van der Waals surface area contributed by atoms with E-state index in [1.165, 1.54) is 19.1 Å². The molecule has 196 valence electrons. The van der Waals surface area contributed by atoms with Gasteiger partial charge in [0.1, 0.15) is 5.82 Å². The zero-order chi connectivity index (χ0) is 26.7. The van der Waals surface area contributed by atoms with E-state index in [9.17, 15) is 18.8 Å². The molecule has 0 spiro atoms. The van der Waals surface area contributed by atoms with Gasteiger partial charge in [-0.25, -0.2) is 4.39 Å². The molecular weight excluding hydrogens is 479 g/mol. The molecule has 8 heteroatoms. The summed E-state index contributed by atoms with van der Waals surface area (Å²) in [6.07, 6.45) is 3.19. The number of anilines is 1. The molecule has 1 amide bonds. The van der Waals surface area contributed by atoms with Gasteiger partial charge in [-0.1, -0.05) is 32.0 Å². The molecule has 0 aliphatic rings. The van der Waals surface area contributed by atoms with Crippen LogP contribution in [0.25, 0.3) is 0 Å². The normalized spacial score (nSPS) is 13.4. The second-order valence-corrected chi connectivity index (χ2v) is 9.95. The number of hydrogen-bond donors (Lipinski definition) is 3. The summed E-state index contributed by atoms with van der Waals surface area (Å²) >= 11 is 4.58. The van der Waals surface area contributed by atoms with Crippen molar-refractivity contribution in [1.29, 1.82) is 0 Å². The first-order chi connectivity index (χ1) is 17.1. The van der Waals surface area contributed by atoms with Crippen LogP contribution in [0.15, 0.2) is 42.5 Å². The zero-order valence-electron chi connectivity index (χ0n) is 21.5. The van der Waals surface area contributed by atoms with E-state index in [0.29, 0.717) is 29.6 Å². The van der Waals surface area contributed by atoms with Crippen molar-refractivity contribution in [3.8, 4) is 0 Å². The largest absolute Gasteiger partial charge is 0.458 e. The second kappa shape index (κ2) is 14.6. The summed E-state index contributed by atoms with van der Waals surface area (Å²) in [7, 11) is 0. The smallest absolute Gasteiger partial charge is 0.303 e. The van der Waals surface area contributed by atoms with Crippen LogP contribution in [0.1, 0.15) is 62.0 Å². The van der Waals surface area contributed by atoms with E-state index in [2.05, 4.69) is 37.1 Å². The van der Waals surface area contributed by atoms with Crippen LogP contribution in [-0.4, -0.2) is 42.1 Å². The molecule has 36 heavy (non-hydrogen) atoms. The minimum atomic E-state index is -0.820. The quantitative estimate of drug-likeness (QED) is 0.243. The van der Waals surface area contributed by atoms with Crippen LogP contribution in [0.5, 0.6) is 0 Å².